The molecule has 1 aliphatic carbocycles. The second-order valence-electron chi connectivity index (χ2n) is 16.7. The lowest BCUT2D eigenvalue weighted by Crippen LogP contribution is -2.00. The molecule has 0 saturated carbocycles. The van der Waals surface area contributed by atoms with Crippen LogP contribution in [0.15, 0.2) is 206 Å². The van der Waals surface area contributed by atoms with Crippen LogP contribution in [0.25, 0.3) is 140 Å². The van der Waals surface area contributed by atoms with Crippen molar-refractivity contribution in [2.24, 2.45) is 0 Å². The van der Waals surface area contributed by atoms with E-state index in [0.717, 1.165) is 0 Å². The van der Waals surface area contributed by atoms with Crippen LogP contribution in [0.5, 0.6) is 0 Å². The summed E-state index contributed by atoms with van der Waals surface area (Å²) in [6, 6.07) is 78.0. The van der Waals surface area contributed by atoms with Crippen molar-refractivity contribution < 1.29 is 0 Å². The fraction of sp³-hybridized carbons (Fsp3) is 0. The molecule has 0 unspecified atom stereocenters. The molecule has 12 aromatic carbocycles. The molecule has 1 aliphatic rings. The van der Waals surface area contributed by atoms with Gasteiger partial charge in [0.25, 0.3) is 0 Å². The normalized spacial score (nSPS) is 12.3. The van der Waals surface area contributed by atoms with E-state index in [0.29, 0.717) is 0 Å². The maximum atomic E-state index is 2.53. The summed E-state index contributed by atoms with van der Waals surface area (Å²) in [6.45, 7) is 0. The van der Waals surface area contributed by atoms with Gasteiger partial charge in [0.15, 0.2) is 0 Å². The van der Waals surface area contributed by atoms with E-state index in [2.05, 4.69) is 206 Å². The Morgan fingerprint density at radius 3 is 1.08 bits per heavy atom. The highest BCUT2D eigenvalue weighted by Crippen LogP contribution is 2.54. The molecule has 1 aromatic heterocycles. The van der Waals surface area contributed by atoms with E-state index in [-0.39, 0.29) is 0 Å². The number of fused-ring (bicyclic) bond motifs is 23. The number of hydrogen-bond acceptors (Lipinski definition) is 1. The van der Waals surface area contributed by atoms with Crippen molar-refractivity contribution in [1.29, 1.82) is 0 Å². The lowest BCUT2D eigenvalue weighted by atomic mass is 9.76. The van der Waals surface area contributed by atoms with Crippen LogP contribution in [0.2, 0.25) is 0 Å². The minimum absolute atomic E-state index is 1.23. The average molecular weight is 787 g/mol. The highest BCUT2D eigenvalue weighted by molar-refractivity contribution is 7.25. The molecule has 14 rings (SSSR count). The molecule has 0 N–H and O–H groups in total. The van der Waals surface area contributed by atoms with E-state index in [1.807, 2.05) is 11.3 Å². The molecule has 0 fully saturated rings. The summed E-state index contributed by atoms with van der Waals surface area (Å²) in [5.41, 5.74) is 12.5. The van der Waals surface area contributed by atoms with Gasteiger partial charge in [0.1, 0.15) is 0 Å². The summed E-state index contributed by atoms with van der Waals surface area (Å²) in [4.78, 5) is 0. The monoisotopic (exact) mass is 786 g/mol. The molecule has 13 aromatic rings. The Bertz CT molecular complexity index is 4000. The molecule has 1 heterocycles. The quantitative estimate of drug-likeness (QED) is 0.145. The first-order chi connectivity index (χ1) is 30.3. The molecule has 61 heavy (non-hydrogen) atoms. The van der Waals surface area contributed by atoms with Crippen molar-refractivity contribution in [3.63, 3.8) is 0 Å². The van der Waals surface area contributed by atoms with Gasteiger partial charge >= 0.3 is 0 Å². The highest BCUT2D eigenvalue weighted by atomic mass is 32.1. The third kappa shape index (κ3) is 4.64. The van der Waals surface area contributed by atoms with E-state index in [9.17, 15) is 0 Å². The van der Waals surface area contributed by atoms with E-state index in [1.54, 1.807) is 0 Å². The number of benzene rings is 12. The first-order valence-corrected chi connectivity index (χ1v) is 22.0. The highest BCUT2D eigenvalue weighted by Gasteiger charge is 2.27. The summed E-state index contributed by atoms with van der Waals surface area (Å²) in [5.74, 6) is 0. The Morgan fingerprint density at radius 1 is 0.197 bits per heavy atom. The maximum absolute atomic E-state index is 2.53. The van der Waals surface area contributed by atoms with Crippen LogP contribution in [0.4, 0.5) is 0 Å². The first kappa shape index (κ1) is 33.3. The van der Waals surface area contributed by atoms with Gasteiger partial charge in [-0.1, -0.05) is 164 Å². The second kappa shape index (κ2) is 12.5. The lowest BCUT2D eigenvalue weighted by molar-refractivity contribution is 1.54. The molecule has 280 valence electrons. The van der Waals surface area contributed by atoms with E-state index in [1.165, 1.54) is 140 Å². The predicted octanol–water partition coefficient (Wildman–Crippen LogP) is 17.6. The van der Waals surface area contributed by atoms with Crippen molar-refractivity contribution in [1.82, 2.24) is 0 Å². The van der Waals surface area contributed by atoms with Gasteiger partial charge < -0.3 is 0 Å². The topological polar surface area (TPSA) is 0 Å². The second-order valence-corrected chi connectivity index (χ2v) is 17.7. The molecule has 0 spiro atoms. The Balaban J connectivity index is 1.19. The van der Waals surface area contributed by atoms with Crippen LogP contribution in [-0.4, -0.2) is 0 Å². The molecular formula is C60H34S. The van der Waals surface area contributed by atoms with Gasteiger partial charge in [-0.05, 0) is 163 Å². The van der Waals surface area contributed by atoms with Gasteiger partial charge in [-0.15, -0.1) is 11.3 Å². The Labute approximate surface area is 356 Å². The van der Waals surface area contributed by atoms with Gasteiger partial charge in [0.2, 0.25) is 0 Å². The minimum atomic E-state index is 1.23. The first-order valence-electron chi connectivity index (χ1n) is 21.2. The zero-order valence-corrected chi connectivity index (χ0v) is 33.9. The van der Waals surface area contributed by atoms with Crippen molar-refractivity contribution in [2.45, 2.75) is 0 Å². The van der Waals surface area contributed by atoms with Crippen molar-refractivity contribution in [3.05, 3.63) is 206 Å². The van der Waals surface area contributed by atoms with E-state index in [4.69, 9.17) is 0 Å². The van der Waals surface area contributed by atoms with E-state index < -0.39 is 0 Å². The smallest absolute Gasteiger partial charge is 0.0355 e. The molecule has 0 amide bonds. The summed E-state index contributed by atoms with van der Waals surface area (Å²) < 4.78 is 2.64. The molecule has 0 bridgehead atoms. The maximum Gasteiger partial charge on any atom is 0.0355 e. The molecule has 0 radical (unpaired) electrons. The van der Waals surface area contributed by atoms with Gasteiger partial charge in [-0.3, -0.25) is 0 Å². The number of hydrogen-bond donors (Lipinski definition) is 0. The fourth-order valence-electron chi connectivity index (χ4n) is 10.9. The zero-order chi connectivity index (χ0) is 39.8. The van der Waals surface area contributed by atoms with Crippen LogP contribution in [-0.2, 0) is 0 Å². The largest absolute Gasteiger partial charge is 0.135 e. The molecule has 0 aliphatic heterocycles. The van der Waals surface area contributed by atoms with E-state index >= 15 is 0 Å². The van der Waals surface area contributed by atoms with Crippen molar-refractivity contribution in [2.75, 3.05) is 0 Å². The SMILES string of the molecule is c1ccc2c(c1)-c1cc3c4ccccc4c4ccccc4c3cc1-c1cccc(-c3ccc4sc5ccccc5c4c3)c1-c1cc3c4ccccc4c4ccccc4c3cc1-2. The zero-order valence-electron chi connectivity index (χ0n) is 33.0. The molecule has 1 heteroatoms. The van der Waals surface area contributed by atoms with Gasteiger partial charge in [-0.25, -0.2) is 0 Å². The molecule has 0 atom stereocenters. The molecule has 0 saturated heterocycles. The summed E-state index contributed by atoms with van der Waals surface area (Å²) in [5, 5.41) is 18.1. The van der Waals surface area contributed by atoms with Gasteiger partial charge in [0.05, 0.1) is 0 Å². The average Bonchev–Trinajstić information content (AvgIpc) is 3.71. The van der Waals surface area contributed by atoms with Crippen LogP contribution in [0, 0.1) is 0 Å². The standard InChI is InChI=1S/C60H34S/c1-5-18-41-37(14-1)38-15-3-7-20-43(38)51-33-55-48-26-13-25-36(35-28-29-59-56(30-35)47-24-11-12-27-58(47)61-59)60(48)57-34-53-44-21-8-4-17-40(44)39-16-2-6-19-42(39)50(53)32-54(57)46-23-10-9-22-45(46)52(55)31-49(41)51/h1-34H. The third-order valence-corrected chi connectivity index (χ3v) is 14.7. The van der Waals surface area contributed by atoms with Gasteiger partial charge in [-0.2, -0.15) is 0 Å². The Morgan fingerprint density at radius 2 is 0.557 bits per heavy atom. The lowest BCUT2D eigenvalue weighted by Gasteiger charge is -2.27. The van der Waals surface area contributed by atoms with Crippen molar-refractivity contribution in [3.8, 4) is 55.6 Å². The summed E-state index contributed by atoms with van der Waals surface area (Å²) >= 11 is 1.88. The van der Waals surface area contributed by atoms with Gasteiger partial charge in [0, 0.05) is 20.2 Å². The van der Waals surface area contributed by atoms with Crippen LogP contribution in [0.3, 0.4) is 0 Å². The predicted molar refractivity (Wildman–Crippen MR) is 265 cm³/mol. The summed E-state index contributed by atoms with van der Waals surface area (Å²) in [7, 11) is 0. The third-order valence-electron chi connectivity index (χ3n) is 13.6. The fourth-order valence-corrected chi connectivity index (χ4v) is 12.0. The Kier molecular flexibility index (Phi) is 6.80. The molecular weight excluding hydrogens is 753 g/mol. The minimum Gasteiger partial charge on any atom is -0.135 e. The van der Waals surface area contributed by atoms with Crippen molar-refractivity contribution >= 4 is 96.1 Å². The van der Waals surface area contributed by atoms with Crippen LogP contribution in [0.1, 0.15) is 0 Å². The van der Waals surface area contributed by atoms with Crippen LogP contribution >= 0.6 is 11.3 Å². The Hall–Kier alpha value is -7.58. The number of rotatable bonds is 1. The van der Waals surface area contributed by atoms with Crippen LogP contribution < -0.4 is 0 Å². The summed E-state index contributed by atoms with van der Waals surface area (Å²) in [6.07, 6.45) is 0. The number of thiophene rings is 1. The molecule has 0 nitrogen and oxygen atoms in total.